The molecule has 4 amide bonds. The first-order chi connectivity index (χ1) is 13.7. The molecule has 2 aliphatic rings. The Hall–Kier alpha value is -2.75. The molecule has 2 aromatic heterocycles. The van der Waals surface area contributed by atoms with E-state index in [1.165, 1.54) is 22.2 Å². The zero-order valence-electron chi connectivity index (χ0n) is 16.6. The van der Waals surface area contributed by atoms with Crippen molar-refractivity contribution in [3.63, 3.8) is 0 Å². The van der Waals surface area contributed by atoms with E-state index in [1.54, 1.807) is 0 Å². The summed E-state index contributed by atoms with van der Waals surface area (Å²) in [6.07, 6.45) is 4.11. The predicted molar refractivity (Wildman–Crippen MR) is 107 cm³/mol. The van der Waals surface area contributed by atoms with Crippen LogP contribution in [0.25, 0.3) is 10.2 Å². The first kappa shape index (κ1) is 19.6. The van der Waals surface area contributed by atoms with Gasteiger partial charge in [-0.1, -0.05) is 6.92 Å². The topological polar surface area (TPSA) is 113 Å². The van der Waals surface area contributed by atoms with Crippen LogP contribution >= 0.6 is 11.3 Å². The van der Waals surface area contributed by atoms with Gasteiger partial charge in [-0.15, -0.1) is 11.3 Å². The third-order valence-corrected chi connectivity index (χ3v) is 7.11. The van der Waals surface area contributed by atoms with E-state index < -0.39 is 23.4 Å². The second kappa shape index (κ2) is 6.94. The Bertz CT molecular complexity index is 1080. The van der Waals surface area contributed by atoms with E-state index in [-0.39, 0.29) is 12.1 Å². The summed E-state index contributed by atoms with van der Waals surface area (Å²) in [5.74, 6) is -0.567. The minimum atomic E-state index is -0.931. The molecule has 1 saturated carbocycles. The molecule has 2 N–H and O–H groups in total. The maximum Gasteiger partial charge on any atom is 0.344 e. The number of carbonyl (C=O) groups excluding carboxylic acids is 3. The van der Waals surface area contributed by atoms with Crippen LogP contribution in [-0.4, -0.2) is 37.9 Å². The number of aromatic nitrogens is 2. The van der Waals surface area contributed by atoms with Crippen molar-refractivity contribution in [2.24, 2.45) is 5.92 Å². The fraction of sp³-hybridized carbons (Fsp3) is 0.526. The summed E-state index contributed by atoms with van der Waals surface area (Å²) in [7, 11) is 0. The molecule has 9 nitrogen and oxygen atoms in total. The Labute approximate surface area is 171 Å². The van der Waals surface area contributed by atoms with Gasteiger partial charge < -0.3 is 5.32 Å². The minimum absolute atomic E-state index is 0.318. The molecule has 10 heteroatoms. The lowest BCUT2D eigenvalue weighted by Crippen LogP contribution is -2.52. The number of hydrogen-bond donors (Lipinski definition) is 2. The van der Waals surface area contributed by atoms with Gasteiger partial charge in [-0.3, -0.25) is 24.4 Å². The molecule has 154 valence electrons. The molecule has 2 fully saturated rings. The van der Waals surface area contributed by atoms with Crippen molar-refractivity contribution in [1.29, 1.82) is 0 Å². The van der Waals surface area contributed by atoms with Crippen LogP contribution in [-0.2, 0) is 16.1 Å². The highest BCUT2D eigenvalue weighted by molar-refractivity contribution is 7.18. The molecule has 0 atom stereocenters. The van der Waals surface area contributed by atoms with E-state index >= 15 is 0 Å². The van der Waals surface area contributed by atoms with Gasteiger partial charge in [-0.2, -0.15) is 5.01 Å². The number of hydrazine groups is 1. The Balaban J connectivity index is 1.50. The van der Waals surface area contributed by atoms with Gasteiger partial charge in [0.1, 0.15) is 16.9 Å². The fourth-order valence-corrected chi connectivity index (χ4v) is 5.00. The highest BCUT2D eigenvalue weighted by atomic mass is 32.1. The number of carbonyl (C=O) groups is 3. The molecule has 1 aliphatic carbocycles. The number of thiophene rings is 1. The lowest BCUT2D eigenvalue weighted by Gasteiger charge is -2.33. The van der Waals surface area contributed by atoms with Gasteiger partial charge >= 0.3 is 6.03 Å². The van der Waals surface area contributed by atoms with E-state index in [4.69, 9.17) is 0 Å². The normalized spacial score (nSPS) is 24.4. The highest BCUT2D eigenvalue weighted by Gasteiger charge is 2.52. The van der Waals surface area contributed by atoms with Crippen molar-refractivity contribution < 1.29 is 14.4 Å². The third kappa shape index (κ3) is 3.21. The Morgan fingerprint density at radius 3 is 2.69 bits per heavy atom. The van der Waals surface area contributed by atoms with Gasteiger partial charge in [0.15, 0.2) is 0 Å². The van der Waals surface area contributed by atoms with Crippen LogP contribution in [0.2, 0.25) is 0 Å². The molecule has 0 unspecified atom stereocenters. The maximum atomic E-state index is 12.8. The van der Waals surface area contributed by atoms with Crippen molar-refractivity contribution in [1.82, 2.24) is 25.3 Å². The zero-order valence-corrected chi connectivity index (χ0v) is 17.4. The van der Waals surface area contributed by atoms with Gasteiger partial charge in [-0.25, -0.2) is 9.78 Å². The first-order valence-electron chi connectivity index (χ1n) is 9.63. The second-order valence-electron chi connectivity index (χ2n) is 8.01. The van der Waals surface area contributed by atoms with E-state index in [9.17, 15) is 19.2 Å². The molecular formula is C19H23N5O4S. The lowest BCUT2D eigenvalue weighted by atomic mass is 9.77. The van der Waals surface area contributed by atoms with E-state index in [1.807, 2.05) is 13.8 Å². The first-order valence-corrected chi connectivity index (χ1v) is 10.4. The Kier molecular flexibility index (Phi) is 4.68. The highest BCUT2D eigenvalue weighted by Crippen LogP contribution is 2.35. The summed E-state index contributed by atoms with van der Waals surface area (Å²) < 4.78 is 1.19. The van der Waals surface area contributed by atoms with Crippen LogP contribution in [0.1, 0.15) is 43.0 Å². The molecule has 0 aromatic carbocycles. The van der Waals surface area contributed by atoms with Crippen LogP contribution in [0.4, 0.5) is 4.79 Å². The van der Waals surface area contributed by atoms with Crippen molar-refractivity contribution in [2.45, 2.75) is 58.5 Å². The number of rotatable bonds is 3. The second-order valence-corrected chi connectivity index (χ2v) is 9.21. The smallest absolute Gasteiger partial charge is 0.322 e. The molecule has 0 bridgehead atoms. The Morgan fingerprint density at radius 2 is 2.00 bits per heavy atom. The van der Waals surface area contributed by atoms with Gasteiger partial charge in [0, 0.05) is 4.88 Å². The summed E-state index contributed by atoms with van der Waals surface area (Å²) in [5, 5.41) is 3.99. The molecule has 4 rings (SSSR count). The molecular weight excluding hydrogens is 394 g/mol. The zero-order chi connectivity index (χ0) is 20.9. The maximum absolute atomic E-state index is 12.8. The van der Waals surface area contributed by atoms with Gasteiger partial charge in [0.2, 0.25) is 0 Å². The van der Waals surface area contributed by atoms with Crippen molar-refractivity contribution in [3.05, 3.63) is 27.1 Å². The average molecular weight is 417 g/mol. The largest absolute Gasteiger partial charge is 0.344 e. The number of nitrogens with one attached hydrogen (secondary N) is 2. The van der Waals surface area contributed by atoms with Crippen LogP contribution in [0, 0.1) is 19.8 Å². The van der Waals surface area contributed by atoms with Gasteiger partial charge in [0.25, 0.3) is 17.4 Å². The van der Waals surface area contributed by atoms with Crippen LogP contribution in [0.3, 0.4) is 0 Å². The van der Waals surface area contributed by atoms with E-state index in [0.717, 1.165) is 28.3 Å². The number of imide groups is 1. The predicted octanol–water partition coefficient (Wildman–Crippen LogP) is 1.61. The van der Waals surface area contributed by atoms with E-state index in [0.29, 0.717) is 29.0 Å². The summed E-state index contributed by atoms with van der Waals surface area (Å²) in [6, 6.07) is -0.636. The SMILES string of the molecule is Cc1sc2ncn(CC(=O)NN3C(=O)NC4(CCC(C)CC4)C3=O)c(=O)c2c1C. The average Bonchev–Trinajstić information content (AvgIpc) is 3.09. The molecule has 3 heterocycles. The summed E-state index contributed by atoms with van der Waals surface area (Å²) in [6.45, 7) is 5.54. The van der Waals surface area contributed by atoms with Crippen molar-refractivity contribution in [2.75, 3.05) is 0 Å². The van der Waals surface area contributed by atoms with E-state index in [2.05, 4.69) is 22.7 Å². The molecule has 2 aromatic rings. The molecule has 1 spiro atoms. The quantitative estimate of drug-likeness (QED) is 0.737. The molecule has 29 heavy (non-hydrogen) atoms. The number of fused-ring (bicyclic) bond motifs is 1. The van der Waals surface area contributed by atoms with Crippen LogP contribution < -0.4 is 16.3 Å². The van der Waals surface area contributed by atoms with Crippen LogP contribution in [0.5, 0.6) is 0 Å². The number of urea groups is 1. The number of hydrogen-bond acceptors (Lipinski definition) is 6. The monoisotopic (exact) mass is 417 g/mol. The standard InChI is InChI=1S/C19H23N5O4S/c1-10-4-6-19(7-5-10)17(27)24(18(28)21-19)22-13(25)8-23-9-20-15-14(16(23)26)11(2)12(3)29-15/h9-10H,4-8H2,1-3H3,(H,21,28)(H,22,25). The molecule has 1 saturated heterocycles. The number of nitrogens with zero attached hydrogens (tertiary/aromatic N) is 3. The minimum Gasteiger partial charge on any atom is -0.322 e. The van der Waals surface area contributed by atoms with Crippen molar-refractivity contribution in [3.8, 4) is 0 Å². The van der Waals surface area contributed by atoms with Gasteiger partial charge in [-0.05, 0) is 51.0 Å². The summed E-state index contributed by atoms with van der Waals surface area (Å²) in [4.78, 5) is 56.2. The number of amides is 4. The third-order valence-electron chi connectivity index (χ3n) is 6.00. The van der Waals surface area contributed by atoms with Gasteiger partial charge in [0.05, 0.1) is 11.7 Å². The fourth-order valence-electron chi connectivity index (χ4n) is 4.01. The summed E-state index contributed by atoms with van der Waals surface area (Å²) in [5.41, 5.74) is 1.95. The summed E-state index contributed by atoms with van der Waals surface area (Å²) >= 11 is 1.43. The van der Waals surface area contributed by atoms with Crippen LogP contribution in [0.15, 0.2) is 11.1 Å². The number of aryl methyl sites for hydroxylation is 2. The lowest BCUT2D eigenvalue weighted by molar-refractivity contribution is -0.140. The molecule has 0 radical (unpaired) electrons. The molecule has 1 aliphatic heterocycles. The Morgan fingerprint density at radius 1 is 1.31 bits per heavy atom. The van der Waals surface area contributed by atoms with Crippen molar-refractivity contribution >= 4 is 39.4 Å².